The highest BCUT2D eigenvalue weighted by Gasteiger charge is 2.40. The van der Waals surface area contributed by atoms with E-state index in [-0.39, 0.29) is 41.3 Å². The number of aliphatic imine (C=N–C) groups is 1. The van der Waals surface area contributed by atoms with E-state index in [0.717, 1.165) is 30.4 Å². The number of aldehydes is 1. The number of alkyl halides is 3. The van der Waals surface area contributed by atoms with E-state index in [4.69, 9.17) is 0 Å². The Hall–Kier alpha value is -3.65. The maximum Gasteiger partial charge on any atom is 0.408 e. The number of aryl methyl sites for hydroxylation is 2. The summed E-state index contributed by atoms with van der Waals surface area (Å²) < 4.78 is 52.9. The normalized spacial score (nSPS) is 15.5. The Balaban J connectivity index is 1.76. The van der Waals surface area contributed by atoms with Gasteiger partial charge in [-0.25, -0.2) is 24.9 Å². The average molecular weight is 575 g/mol. The molecule has 1 aliphatic rings. The van der Waals surface area contributed by atoms with E-state index in [9.17, 15) is 22.5 Å². The van der Waals surface area contributed by atoms with Crippen molar-refractivity contribution in [2.45, 2.75) is 63.2 Å². The molecule has 212 valence electrons. The number of hydrogen-bond donors (Lipinski definition) is 1. The van der Waals surface area contributed by atoms with Gasteiger partial charge in [0.1, 0.15) is 24.3 Å². The molecule has 0 amide bonds. The largest absolute Gasteiger partial charge is 0.612 e. The van der Waals surface area contributed by atoms with Gasteiger partial charge in [-0.05, 0) is 56.9 Å². The molecule has 0 saturated heterocycles. The lowest BCUT2D eigenvalue weighted by atomic mass is 10.1. The van der Waals surface area contributed by atoms with Gasteiger partial charge < -0.3 is 14.8 Å². The molecular weight excluding hydrogens is 545 g/mol. The zero-order valence-corrected chi connectivity index (χ0v) is 23.5. The Kier molecular flexibility index (Phi) is 8.68. The number of amidine groups is 1. The summed E-state index contributed by atoms with van der Waals surface area (Å²) in [5.74, 6) is 0.188. The van der Waals surface area contributed by atoms with Gasteiger partial charge in [-0.15, -0.1) is 0 Å². The molecule has 0 bridgehead atoms. The summed E-state index contributed by atoms with van der Waals surface area (Å²) in [7, 11) is 1.27. The molecule has 3 aromatic heterocycles. The standard InChI is InChI=1S/C26H29F3N8O2S/c1-14-21(23(17-6-7-17)33-13-32-14)24-34-15(2)22(25(36-24)37(4)16(3)26(27,28)29)35-20(12-38)31-10-18-8-9-19(11-30-18)40(5)39/h8-9,11-13,16-17H,6-7,10H2,1-5H3,(H,31,35). The van der Waals surface area contributed by atoms with Crippen LogP contribution < -0.4 is 10.2 Å². The molecular formula is C26H29F3N8O2S. The molecule has 3 heterocycles. The monoisotopic (exact) mass is 574 g/mol. The lowest BCUT2D eigenvalue weighted by Crippen LogP contribution is -2.41. The summed E-state index contributed by atoms with van der Waals surface area (Å²) in [6.45, 7) is 4.50. The van der Waals surface area contributed by atoms with E-state index in [1.54, 1.807) is 26.0 Å². The van der Waals surface area contributed by atoms with Crippen LogP contribution in [0.2, 0.25) is 0 Å². The highest BCUT2D eigenvalue weighted by molar-refractivity contribution is 7.90. The predicted octanol–water partition coefficient (Wildman–Crippen LogP) is 3.97. The molecule has 40 heavy (non-hydrogen) atoms. The zero-order chi connectivity index (χ0) is 29.2. The molecule has 1 aliphatic carbocycles. The highest BCUT2D eigenvalue weighted by atomic mass is 32.2. The topological polar surface area (TPSA) is 132 Å². The summed E-state index contributed by atoms with van der Waals surface area (Å²) in [6.07, 6.45) is 2.28. The molecule has 0 spiro atoms. The SMILES string of the molecule is Cc1nc(-c2c(C)ncnc2C2CC2)nc(N(C)C(C)C(F)(F)F)c1/N=C(\C=O)NCc1ccc([S+](C)[O-])cn1. The molecule has 0 aromatic carbocycles. The summed E-state index contributed by atoms with van der Waals surface area (Å²) >= 11 is -1.19. The number of nitrogens with zero attached hydrogens (tertiary/aromatic N) is 7. The second-order valence-electron chi connectivity index (χ2n) is 9.53. The number of anilines is 1. The van der Waals surface area contributed by atoms with Crippen molar-refractivity contribution in [3.63, 3.8) is 0 Å². The fraction of sp³-hybridized carbons (Fsp3) is 0.423. The number of carbonyl (C=O) groups is 1. The van der Waals surface area contributed by atoms with Crippen LogP contribution in [0.3, 0.4) is 0 Å². The van der Waals surface area contributed by atoms with Crippen molar-refractivity contribution in [3.05, 3.63) is 47.4 Å². The minimum atomic E-state index is -4.55. The molecule has 2 atom stereocenters. The van der Waals surface area contributed by atoms with Crippen LogP contribution in [0.25, 0.3) is 11.4 Å². The molecule has 0 aliphatic heterocycles. The van der Waals surface area contributed by atoms with E-state index in [2.05, 4.69) is 35.2 Å². The number of nitrogens with one attached hydrogen (secondary N) is 1. The maximum atomic E-state index is 13.8. The van der Waals surface area contributed by atoms with Crippen LogP contribution in [0, 0.1) is 13.8 Å². The number of halogens is 3. The van der Waals surface area contributed by atoms with E-state index in [0.29, 0.717) is 28.1 Å². The van der Waals surface area contributed by atoms with Gasteiger partial charge in [0, 0.05) is 13.0 Å². The van der Waals surface area contributed by atoms with Gasteiger partial charge in [0.25, 0.3) is 0 Å². The number of pyridine rings is 1. The Morgan fingerprint density at radius 2 is 1.95 bits per heavy atom. The molecule has 1 fully saturated rings. The number of carbonyl (C=O) groups excluding carboxylic acids is 1. The third-order valence-corrected chi connectivity index (χ3v) is 7.51. The van der Waals surface area contributed by atoms with Crippen LogP contribution >= 0.6 is 0 Å². The first-order chi connectivity index (χ1) is 18.9. The van der Waals surface area contributed by atoms with Crippen LogP contribution in [-0.4, -0.2) is 67.1 Å². The second kappa shape index (κ2) is 11.8. The Morgan fingerprint density at radius 1 is 1.23 bits per heavy atom. The van der Waals surface area contributed by atoms with Crippen molar-refractivity contribution in [1.29, 1.82) is 0 Å². The van der Waals surface area contributed by atoms with Gasteiger partial charge in [-0.3, -0.25) is 9.78 Å². The van der Waals surface area contributed by atoms with Gasteiger partial charge in [0.2, 0.25) is 0 Å². The van der Waals surface area contributed by atoms with Crippen LogP contribution in [-0.2, 0) is 22.5 Å². The van der Waals surface area contributed by atoms with Gasteiger partial charge >= 0.3 is 6.18 Å². The smallest absolute Gasteiger partial charge is 0.408 e. The van der Waals surface area contributed by atoms with E-state index in [1.807, 2.05) is 0 Å². The third kappa shape index (κ3) is 6.55. The molecule has 1 N–H and O–H groups in total. The molecule has 0 radical (unpaired) electrons. The van der Waals surface area contributed by atoms with Crippen molar-refractivity contribution in [2.24, 2.45) is 4.99 Å². The zero-order valence-electron chi connectivity index (χ0n) is 22.7. The third-order valence-electron chi connectivity index (χ3n) is 6.61. The lowest BCUT2D eigenvalue weighted by Gasteiger charge is -2.29. The molecule has 1 saturated carbocycles. The van der Waals surface area contributed by atoms with E-state index in [1.165, 1.54) is 25.8 Å². The van der Waals surface area contributed by atoms with E-state index >= 15 is 0 Å². The Bertz CT molecular complexity index is 1410. The second-order valence-corrected chi connectivity index (χ2v) is 10.9. The molecule has 3 aromatic rings. The van der Waals surface area contributed by atoms with Crippen molar-refractivity contribution < 1.29 is 22.5 Å². The predicted molar refractivity (Wildman–Crippen MR) is 145 cm³/mol. The quantitative estimate of drug-likeness (QED) is 0.174. The van der Waals surface area contributed by atoms with Gasteiger partial charge in [0.15, 0.2) is 28.7 Å². The summed E-state index contributed by atoms with van der Waals surface area (Å²) in [5.41, 5.74) is 2.81. The van der Waals surface area contributed by atoms with Crippen molar-refractivity contribution in [1.82, 2.24) is 30.2 Å². The van der Waals surface area contributed by atoms with Crippen molar-refractivity contribution in [2.75, 3.05) is 18.2 Å². The molecule has 4 rings (SSSR count). The van der Waals surface area contributed by atoms with Crippen molar-refractivity contribution in [3.8, 4) is 11.4 Å². The minimum absolute atomic E-state index is 0.0177. The van der Waals surface area contributed by atoms with Gasteiger partial charge in [-0.1, -0.05) is 0 Å². The first kappa shape index (κ1) is 29.3. The maximum absolute atomic E-state index is 13.8. The van der Waals surface area contributed by atoms with Gasteiger partial charge in [-0.2, -0.15) is 13.2 Å². The molecule has 10 nitrogen and oxygen atoms in total. The highest BCUT2D eigenvalue weighted by Crippen LogP contribution is 2.44. The summed E-state index contributed by atoms with van der Waals surface area (Å²) in [5, 5.41) is 2.85. The molecule has 14 heteroatoms. The van der Waals surface area contributed by atoms with Crippen LogP contribution in [0.15, 0.2) is 34.5 Å². The first-order valence-corrected chi connectivity index (χ1v) is 14.0. The number of hydrogen-bond acceptors (Lipinski definition) is 9. The van der Waals surface area contributed by atoms with Crippen LogP contribution in [0.4, 0.5) is 24.7 Å². The summed E-state index contributed by atoms with van der Waals surface area (Å²) in [4.78, 5) is 39.8. The minimum Gasteiger partial charge on any atom is -0.612 e. The van der Waals surface area contributed by atoms with Crippen LogP contribution in [0.1, 0.15) is 48.5 Å². The van der Waals surface area contributed by atoms with Crippen molar-refractivity contribution >= 4 is 34.8 Å². The Morgan fingerprint density at radius 3 is 2.52 bits per heavy atom. The average Bonchev–Trinajstić information content (AvgIpc) is 3.76. The lowest BCUT2D eigenvalue weighted by molar-refractivity contribution is -0.144. The first-order valence-electron chi connectivity index (χ1n) is 12.5. The molecule has 2 unspecified atom stereocenters. The van der Waals surface area contributed by atoms with Gasteiger partial charge in [0.05, 0.1) is 41.1 Å². The summed E-state index contributed by atoms with van der Waals surface area (Å²) in [6, 6.07) is 1.41. The van der Waals surface area contributed by atoms with E-state index < -0.39 is 23.4 Å². The fourth-order valence-corrected chi connectivity index (χ4v) is 4.43. The number of rotatable bonds is 9. The Labute approximate surface area is 232 Å². The fourth-order valence-electron chi connectivity index (χ4n) is 3.97. The van der Waals surface area contributed by atoms with Crippen LogP contribution in [0.5, 0.6) is 0 Å². The number of aromatic nitrogens is 5.